The summed E-state index contributed by atoms with van der Waals surface area (Å²) in [6.07, 6.45) is 2.29. The number of hydrogen-bond acceptors (Lipinski definition) is 3. The summed E-state index contributed by atoms with van der Waals surface area (Å²) in [6, 6.07) is 10.0. The van der Waals surface area contributed by atoms with Gasteiger partial charge in [-0.15, -0.1) is 11.3 Å². The van der Waals surface area contributed by atoms with E-state index in [1.54, 1.807) is 0 Å². The van der Waals surface area contributed by atoms with Crippen molar-refractivity contribution in [3.8, 4) is 0 Å². The van der Waals surface area contributed by atoms with E-state index in [1.807, 2.05) is 42.6 Å². The van der Waals surface area contributed by atoms with Gasteiger partial charge in [0, 0.05) is 5.38 Å². The molecule has 1 aromatic heterocycles. The summed E-state index contributed by atoms with van der Waals surface area (Å²) in [5, 5.41) is 5.60. The number of nitrogens with zero attached hydrogens (tertiary/aromatic N) is 1. The van der Waals surface area contributed by atoms with Crippen LogP contribution in [0.2, 0.25) is 0 Å². The summed E-state index contributed by atoms with van der Waals surface area (Å²) < 4.78 is 0. The molecule has 0 saturated heterocycles. The fourth-order valence-electron chi connectivity index (χ4n) is 2.32. The van der Waals surface area contributed by atoms with Crippen molar-refractivity contribution in [3.63, 3.8) is 0 Å². The van der Waals surface area contributed by atoms with Gasteiger partial charge in [0.2, 0.25) is 5.91 Å². The summed E-state index contributed by atoms with van der Waals surface area (Å²) in [5.74, 6) is 0.525. The van der Waals surface area contributed by atoms with E-state index in [9.17, 15) is 4.79 Å². The number of aromatic nitrogens is 1. The van der Waals surface area contributed by atoms with Gasteiger partial charge in [-0.25, -0.2) is 4.98 Å². The molecule has 3 rings (SSSR count). The van der Waals surface area contributed by atoms with E-state index in [4.69, 9.17) is 0 Å². The molecule has 1 aliphatic carbocycles. The molecule has 0 bridgehead atoms. The normalized spacial score (nSPS) is 16.1. The lowest BCUT2D eigenvalue weighted by Gasteiger charge is -2.15. The largest absolute Gasteiger partial charge is 0.301 e. The average molecular weight is 272 g/mol. The summed E-state index contributed by atoms with van der Waals surface area (Å²) in [4.78, 5) is 16.8. The van der Waals surface area contributed by atoms with Gasteiger partial charge in [-0.2, -0.15) is 0 Å². The van der Waals surface area contributed by atoms with E-state index < -0.39 is 0 Å². The fraction of sp³-hybridized carbons (Fsp3) is 0.333. The van der Waals surface area contributed by atoms with Crippen molar-refractivity contribution >= 4 is 22.4 Å². The molecule has 1 amide bonds. The monoisotopic (exact) mass is 272 g/mol. The molecular weight excluding hydrogens is 256 g/mol. The Labute approximate surface area is 116 Å². The van der Waals surface area contributed by atoms with Crippen molar-refractivity contribution in [1.82, 2.24) is 4.98 Å². The first-order chi connectivity index (χ1) is 9.24. The second-order valence-electron chi connectivity index (χ2n) is 5.01. The van der Waals surface area contributed by atoms with Gasteiger partial charge in [-0.3, -0.25) is 4.79 Å². The molecule has 2 aromatic rings. The Morgan fingerprint density at radius 3 is 2.68 bits per heavy atom. The van der Waals surface area contributed by atoms with Crippen LogP contribution >= 0.6 is 11.3 Å². The van der Waals surface area contributed by atoms with Crippen LogP contribution in [0.25, 0.3) is 0 Å². The Morgan fingerprint density at radius 1 is 1.37 bits per heavy atom. The first-order valence-electron chi connectivity index (χ1n) is 6.52. The van der Waals surface area contributed by atoms with Gasteiger partial charge >= 0.3 is 0 Å². The Balaban J connectivity index is 1.79. The third-order valence-corrected chi connectivity index (χ3v) is 4.26. The zero-order chi connectivity index (χ0) is 13.2. The van der Waals surface area contributed by atoms with E-state index in [2.05, 4.69) is 10.3 Å². The molecule has 1 aromatic carbocycles. The zero-order valence-corrected chi connectivity index (χ0v) is 11.6. The molecule has 1 aliphatic rings. The number of hydrogen-bond donors (Lipinski definition) is 1. The maximum absolute atomic E-state index is 12.5. The molecule has 1 atom stereocenters. The predicted molar refractivity (Wildman–Crippen MR) is 77.4 cm³/mol. The van der Waals surface area contributed by atoms with Crippen molar-refractivity contribution in [2.75, 3.05) is 5.32 Å². The number of benzene rings is 1. The van der Waals surface area contributed by atoms with E-state index in [0.29, 0.717) is 11.0 Å². The number of anilines is 1. The summed E-state index contributed by atoms with van der Waals surface area (Å²) in [7, 11) is 0. The molecule has 19 heavy (non-hydrogen) atoms. The second kappa shape index (κ2) is 5.13. The SMILES string of the molecule is Cc1csc(NC(=O)C(c2ccccc2)C2CC2)n1. The number of carbonyl (C=O) groups excluding carboxylic acids is 1. The molecule has 1 N–H and O–H groups in total. The van der Waals surface area contributed by atoms with Crippen molar-refractivity contribution in [2.24, 2.45) is 5.92 Å². The van der Waals surface area contributed by atoms with Gasteiger partial charge in [-0.1, -0.05) is 30.3 Å². The van der Waals surface area contributed by atoms with Gasteiger partial charge in [0.1, 0.15) is 0 Å². The molecule has 1 unspecified atom stereocenters. The number of carbonyl (C=O) groups is 1. The van der Waals surface area contributed by atoms with Crippen molar-refractivity contribution in [3.05, 3.63) is 47.0 Å². The second-order valence-corrected chi connectivity index (χ2v) is 5.87. The number of rotatable bonds is 4. The maximum atomic E-state index is 12.5. The van der Waals surface area contributed by atoms with Gasteiger partial charge in [0.25, 0.3) is 0 Å². The van der Waals surface area contributed by atoms with Crippen molar-refractivity contribution < 1.29 is 4.79 Å². The maximum Gasteiger partial charge on any atom is 0.233 e. The Morgan fingerprint density at radius 2 is 2.11 bits per heavy atom. The quantitative estimate of drug-likeness (QED) is 0.924. The number of aryl methyl sites for hydroxylation is 1. The van der Waals surface area contributed by atoms with E-state index in [-0.39, 0.29) is 11.8 Å². The molecule has 0 radical (unpaired) electrons. The minimum Gasteiger partial charge on any atom is -0.301 e. The minimum absolute atomic E-state index is 0.0367. The first kappa shape index (κ1) is 12.4. The van der Waals surface area contributed by atoms with Gasteiger partial charge in [-0.05, 0) is 31.2 Å². The lowest BCUT2D eigenvalue weighted by molar-refractivity contribution is -0.118. The fourth-order valence-corrected chi connectivity index (χ4v) is 3.01. The zero-order valence-electron chi connectivity index (χ0n) is 10.8. The summed E-state index contributed by atoms with van der Waals surface area (Å²) in [6.45, 7) is 1.93. The molecule has 3 nitrogen and oxygen atoms in total. The standard InChI is InChI=1S/C15H16N2OS/c1-10-9-19-15(16-10)17-14(18)13(12-7-8-12)11-5-3-2-4-6-11/h2-6,9,12-13H,7-8H2,1H3,(H,16,17,18). The van der Waals surface area contributed by atoms with E-state index in [0.717, 1.165) is 24.1 Å². The lowest BCUT2D eigenvalue weighted by Crippen LogP contribution is -2.22. The molecular formula is C15H16N2OS. The highest BCUT2D eigenvalue weighted by Gasteiger charge is 2.37. The van der Waals surface area contributed by atoms with Gasteiger partial charge in [0.15, 0.2) is 5.13 Å². The summed E-state index contributed by atoms with van der Waals surface area (Å²) in [5.41, 5.74) is 2.05. The molecule has 1 heterocycles. The first-order valence-corrected chi connectivity index (χ1v) is 7.40. The van der Waals surface area contributed by atoms with Crippen LogP contribution in [0.4, 0.5) is 5.13 Å². The van der Waals surface area contributed by atoms with Crippen LogP contribution in [-0.4, -0.2) is 10.9 Å². The molecule has 1 saturated carbocycles. The van der Waals surface area contributed by atoms with Gasteiger partial charge in [0.05, 0.1) is 11.6 Å². The number of nitrogens with one attached hydrogen (secondary N) is 1. The molecule has 4 heteroatoms. The minimum atomic E-state index is -0.0367. The van der Waals surface area contributed by atoms with E-state index >= 15 is 0 Å². The summed E-state index contributed by atoms with van der Waals surface area (Å²) >= 11 is 1.48. The average Bonchev–Trinajstić information content (AvgIpc) is 3.14. The number of thiazole rings is 1. The number of amides is 1. The van der Waals surface area contributed by atoms with Crippen LogP contribution in [0, 0.1) is 12.8 Å². The third-order valence-electron chi connectivity index (χ3n) is 3.38. The van der Waals surface area contributed by atoms with Crippen LogP contribution < -0.4 is 5.32 Å². The van der Waals surface area contributed by atoms with Crippen LogP contribution in [0.15, 0.2) is 35.7 Å². The van der Waals surface area contributed by atoms with Crippen LogP contribution in [0.3, 0.4) is 0 Å². The van der Waals surface area contributed by atoms with Gasteiger partial charge < -0.3 is 5.32 Å². The Kier molecular flexibility index (Phi) is 3.34. The topological polar surface area (TPSA) is 42.0 Å². The molecule has 1 fully saturated rings. The molecule has 98 valence electrons. The van der Waals surface area contributed by atoms with Crippen LogP contribution in [0.5, 0.6) is 0 Å². The lowest BCUT2D eigenvalue weighted by atomic mass is 9.93. The Bertz CT molecular complexity index is 575. The molecule has 0 aliphatic heterocycles. The predicted octanol–water partition coefficient (Wildman–Crippen LogP) is 3.58. The highest BCUT2D eigenvalue weighted by molar-refractivity contribution is 7.13. The smallest absolute Gasteiger partial charge is 0.233 e. The highest BCUT2D eigenvalue weighted by atomic mass is 32.1. The van der Waals surface area contributed by atoms with Crippen molar-refractivity contribution in [1.29, 1.82) is 0 Å². The van der Waals surface area contributed by atoms with E-state index in [1.165, 1.54) is 11.3 Å². The van der Waals surface area contributed by atoms with Crippen LogP contribution in [0.1, 0.15) is 30.0 Å². The third kappa shape index (κ3) is 2.84. The highest BCUT2D eigenvalue weighted by Crippen LogP contribution is 2.43. The van der Waals surface area contributed by atoms with Crippen molar-refractivity contribution in [2.45, 2.75) is 25.7 Å². The van der Waals surface area contributed by atoms with Crippen LogP contribution in [-0.2, 0) is 4.79 Å². The molecule has 0 spiro atoms. The Hall–Kier alpha value is -1.68.